The lowest BCUT2D eigenvalue weighted by Crippen LogP contribution is -2.11. The van der Waals surface area contributed by atoms with Gasteiger partial charge in [-0.2, -0.15) is 0 Å². The van der Waals surface area contributed by atoms with Crippen LogP contribution >= 0.6 is 31.9 Å². The topological polar surface area (TPSA) is 3.24 Å². The number of rotatable bonds is 6. The Morgan fingerprint density at radius 1 is 0.667 bits per heavy atom. The Bertz CT molecular complexity index is 1420. The summed E-state index contributed by atoms with van der Waals surface area (Å²) in [6.45, 7) is 8.33. The van der Waals surface area contributed by atoms with E-state index in [1.165, 1.54) is 30.4 Å². The Morgan fingerprint density at radius 3 is 1.86 bits per heavy atom. The van der Waals surface area contributed by atoms with E-state index in [9.17, 15) is 0 Å². The Morgan fingerprint density at radius 2 is 1.28 bits per heavy atom. The SMILES string of the molecule is C=Cc1cc(N(c2ccc(Br)cc2)c2ccc(Br)cc2)cc(-c2ccc3c(c2)C2CCC3C2)c1C=C. The fourth-order valence-electron chi connectivity index (χ4n) is 6.07. The number of anilines is 3. The summed E-state index contributed by atoms with van der Waals surface area (Å²) in [6, 6.07) is 28.6. The smallest absolute Gasteiger partial charge is 0.0474 e. The van der Waals surface area contributed by atoms with Crippen LogP contribution in [0.15, 0.2) is 101 Å². The van der Waals surface area contributed by atoms with Crippen molar-refractivity contribution in [1.82, 2.24) is 0 Å². The molecule has 6 rings (SSSR count). The Labute approximate surface area is 230 Å². The molecule has 4 aromatic rings. The van der Waals surface area contributed by atoms with E-state index in [-0.39, 0.29) is 0 Å². The summed E-state index contributed by atoms with van der Waals surface area (Å²) in [5.74, 6) is 1.49. The number of hydrogen-bond donors (Lipinski definition) is 0. The number of hydrogen-bond acceptors (Lipinski definition) is 1. The van der Waals surface area contributed by atoms with Crippen molar-refractivity contribution in [2.75, 3.05) is 4.90 Å². The predicted molar refractivity (Wildman–Crippen MR) is 161 cm³/mol. The van der Waals surface area contributed by atoms with E-state index in [4.69, 9.17) is 0 Å². The molecule has 2 bridgehead atoms. The molecule has 2 atom stereocenters. The van der Waals surface area contributed by atoms with Crippen molar-refractivity contribution in [3.05, 3.63) is 123 Å². The number of halogens is 2. The first-order valence-electron chi connectivity index (χ1n) is 12.4. The van der Waals surface area contributed by atoms with Crippen molar-refractivity contribution in [3.63, 3.8) is 0 Å². The molecule has 1 fully saturated rings. The Kier molecular flexibility index (Phi) is 6.23. The number of benzene rings is 4. The standard InChI is InChI=1S/C33H27Br2N/c1-3-21-18-29(36(27-12-8-25(34)9-13-27)28-14-10-26(35)11-15-28)20-33(30(21)4-2)24-7-16-31-22-5-6-23(17-22)32(31)19-24/h3-4,7-16,18-20,22-23H,1-2,5-6,17H2. The highest BCUT2D eigenvalue weighted by atomic mass is 79.9. The molecule has 0 aliphatic heterocycles. The second kappa shape index (κ2) is 9.53. The van der Waals surface area contributed by atoms with E-state index < -0.39 is 0 Å². The van der Waals surface area contributed by atoms with Gasteiger partial charge in [0.25, 0.3) is 0 Å². The maximum atomic E-state index is 4.17. The van der Waals surface area contributed by atoms with Gasteiger partial charge in [-0.05, 0) is 125 Å². The lowest BCUT2D eigenvalue weighted by atomic mass is 9.87. The van der Waals surface area contributed by atoms with Gasteiger partial charge < -0.3 is 4.90 Å². The van der Waals surface area contributed by atoms with E-state index >= 15 is 0 Å². The summed E-state index contributed by atoms with van der Waals surface area (Å²) < 4.78 is 2.12. The minimum atomic E-state index is 0.723. The zero-order valence-electron chi connectivity index (χ0n) is 20.1. The minimum absolute atomic E-state index is 0.723. The number of fused-ring (bicyclic) bond motifs is 5. The van der Waals surface area contributed by atoms with Gasteiger partial charge in [0.05, 0.1) is 0 Å². The van der Waals surface area contributed by atoms with Crippen molar-refractivity contribution >= 4 is 61.1 Å². The summed E-state index contributed by atoms with van der Waals surface area (Å²) in [5.41, 5.74) is 11.1. The van der Waals surface area contributed by atoms with Crippen LogP contribution in [0.1, 0.15) is 53.4 Å². The molecule has 2 aliphatic carbocycles. The fourth-order valence-corrected chi connectivity index (χ4v) is 6.59. The molecule has 2 unspecified atom stereocenters. The third-order valence-electron chi connectivity index (χ3n) is 7.76. The van der Waals surface area contributed by atoms with Crippen molar-refractivity contribution in [3.8, 4) is 11.1 Å². The summed E-state index contributed by atoms with van der Waals surface area (Å²) in [7, 11) is 0. The van der Waals surface area contributed by atoms with Crippen LogP contribution in [0, 0.1) is 0 Å². The molecule has 0 heterocycles. The van der Waals surface area contributed by atoms with Gasteiger partial charge in [0.2, 0.25) is 0 Å². The van der Waals surface area contributed by atoms with Crippen LogP contribution in [-0.4, -0.2) is 0 Å². The van der Waals surface area contributed by atoms with Crippen LogP contribution < -0.4 is 4.90 Å². The predicted octanol–water partition coefficient (Wildman–Crippen LogP) is 11.0. The van der Waals surface area contributed by atoms with E-state index in [1.807, 2.05) is 12.2 Å². The molecule has 0 spiro atoms. The van der Waals surface area contributed by atoms with E-state index in [1.54, 1.807) is 11.1 Å². The molecule has 1 saturated carbocycles. The van der Waals surface area contributed by atoms with E-state index in [0.717, 1.165) is 49.0 Å². The highest BCUT2D eigenvalue weighted by molar-refractivity contribution is 9.10. The summed E-state index contributed by atoms with van der Waals surface area (Å²) in [6.07, 6.45) is 7.92. The van der Waals surface area contributed by atoms with Gasteiger partial charge in [-0.3, -0.25) is 0 Å². The summed E-state index contributed by atoms with van der Waals surface area (Å²) >= 11 is 7.18. The van der Waals surface area contributed by atoms with Gasteiger partial charge in [0.15, 0.2) is 0 Å². The van der Waals surface area contributed by atoms with Crippen molar-refractivity contribution < 1.29 is 0 Å². The average molecular weight is 597 g/mol. The van der Waals surface area contributed by atoms with Gasteiger partial charge in [0, 0.05) is 26.0 Å². The molecule has 0 saturated heterocycles. The maximum absolute atomic E-state index is 4.17. The molecule has 0 aromatic heterocycles. The molecule has 0 radical (unpaired) electrons. The monoisotopic (exact) mass is 595 g/mol. The Balaban J connectivity index is 1.55. The zero-order valence-corrected chi connectivity index (χ0v) is 23.2. The lowest BCUT2D eigenvalue weighted by Gasteiger charge is -2.27. The lowest BCUT2D eigenvalue weighted by molar-refractivity contribution is 0.718. The molecule has 178 valence electrons. The molecule has 0 amide bonds. The van der Waals surface area contributed by atoms with Gasteiger partial charge in [0.1, 0.15) is 0 Å². The summed E-state index contributed by atoms with van der Waals surface area (Å²) in [4.78, 5) is 2.30. The van der Waals surface area contributed by atoms with Crippen LogP contribution in [-0.2, 0) is 0 Å². The van der Waals surface area contributed by atoms with Crippen LogP contribution in [0.2, 0.25) is 0 Å². The van der Waals surface area contributed by atoms with E-state index in [2.05, 4.69) is 129 Å². The van der Waals surface area contributed by atoms with Gasteiger partial charge in [-0.25, -0.2) is 0 Å². The van der Waals surface area contributed by atoms with Gasteiger partial charge in [-0.15, -0.1) is 0 Å². The first-order valence-corrected chi connectivity index (χ1v) is 14.0. The third-order valence-corrected chi connectivity index (χ3v) is 8.82. The average Bonchev–Trinajstić information content (AvgIpc) is 3.53. The van der Waals surface area contributed by atoms with Gasteiger partial charge in [-0.1, -0.05) is 75.4 Å². The second-order valence-corrected chi connectivity index (χ2v) is 11.6. The van der Waals surface area contributed by atoms with Crippen LogP contribution in [0.25, 0.3) is 23.3 Å². The maximum Gasteiger partial charge on any atom is 0.0474 e. The molecule has 2 aliphatic rings. The zero-order chi connectivity index (χ0) is 24.8. The van der Waals surface area contributed by atoms with Crippen molar-refractivity contribution in [1.29, 1.82) is 0 Å². The molecular weight excluding hydrogens is 570 g/mol. The van der Waals surface area contributed by atoms with Crippen LogP contribution in [0.5, 0.6) is 0 Å². The molecule has 4 aromatic carbocycles. The molecular formula is C33H27Br2N. The second-order valence-electron chi connectivity index (χ2n) is 9.74. The van der Waals surface area contributed by atoms with Crippen LogP contribution in [0.3, 0.4) is 0 Å². The Hall–Kier alpha value is -2.88. The largest absolute Gasteiger partial charge is 0.310 e. The molecule has 1 nitrogen and oxygen atoms in total. The molecule has 0 N–H and O–H groups in total. The first kappa shape index (κ1) is 23.5. The number of nitrogens with zero attached hydrogens (tertiary/aromatic N) is 1. The van der Waals surface area contributed by atoms with E-state index in [0.29, 0.717) is 0 Å². The third kappa shape index (κ3) is 4.09. The first-order chi connectivity index (χ1) is 17.6. The minimum Gasteiger partial charge on any atom is -0.310 e. The quantitative estimate of drug-likeness (QED) is 0.214. The normalized spacial score (nSPS) is 17.6. The molecule has 36 heavy (non-hydrogen) atoms. The van der Waals surface area contributed by atoms with Crippen molar-refractivity contribution in [2.45, 2.75) is 31.1 Å². The van der Waals surface area contributed by atoms with Crippen LogP contribution in [0.4, 0.5) is 17.1 Å². The highest BCUT2D eigenvalue weighted by Crippen LogP contribution is 2.54. The summed E-state index contributed by atoms with van der Waals surface area (Å²) in [5, 5.41) is 0. The van der Waals surface area contributed by atoms with Gasteiger partial charge >= 0.3 is 0 Å². The highest BCUT2D eigenvalue weighted by Gasteiger charge is 2.36. The fraction of sp³-hybridized carbons (Fsp3) is 0.152. The molecule has 3 heteroatoms. The van der Waals surface area contributed by atoms with Crippen molar-refractivity contribution in [2.24, 2.45) is 0 Å².